The molecular weight excluding hydrogens is 222 g/mol. The average Bonchev–Trinajstić information content (AvgIpc) is 2.28. The van der Waals surface area contributed by atoms with Gasteiger partial charge in [-0.1, -0.05) is 26.2 Å². The molecule has 0 saturated heterocycles. The van der Waals surface area contributed by atoms with Crippen LogP contribution in [0.3, 0.4) is 0 Å². The second kappa shape index (κ2) is 5.80. The van der Waals surface area contributed by atoms with E-state index < -0.39 is 0 Å². The molecule has 0 spiro atoms. The molecule has 0 atom stereocenters. The Morgan fingerprint density at radius 1 is 1.44 bits per heavy atom. The molecule has 18 heavy (non-hydrogen) atoms. The highest BCUT2D eigenvalue weighted by Crippen LogP contribution is 2.52. The second-order valence-electron chi connectivity index (χ2n) is 5.03. The van der Waals surface area contributed by atoms with Crippen LogP contribution in [0.2, 0.25) is 0 Å². The summed E-state index contributed by atoms with van der Waals surface area (Å²) in [7, 11) is 0. The highest BCUT2D eigenvalue weighted by molar-refractivity contribution is 5.92. The SMILES string of the molecule is C=C/C(=C\C(=C)N)C1(/C(C)=N/N=C\C)CC(C)C1. The highest BCUT2D eigenvalue weighted by atomic mass is 15.2. The third-order valence-electron chi connectivity index (χ3n) is 3.52. The third kappa shape index (κ3) is 2.78. The lowest BCUT2D eigenvalue weighted by Gasteiger charge is -2.47. The minimum Gasteiger partial charge on any atom is -0.399 e. The van der Waals surface area contributed by atoms with E-state index in [4.69, 9.17) is 5.73 Å². The molecule has 0 aliphatic heterocycles. The first-order valence-electron chi connectivity index (χ1n) is 6.28. The lowest BCUT2D eigenvalue weighted by Crippen LogP contribution is -2.43. The molecule has 1 aliphatic rings. The molecule has 98 valence electrons. The number of hydrogen-bond donors (Lipinski definition) is 1. The smallest absolute Gasteiger partial charge is 0.0480 e. The zero-order chi connectivity index (χ0) is 13.8. The van der Waals surface area contributed by atoms with Crippen molar-refractivity contribution in [3.8, 4) is 0 Å². The molecule has 0 unspecified atom stereocenters. The van der Waals surface area contributed by atoms with Crippen LogP contribution in [0.4, 0.5) is 0 Å². The fourth-order valence-corrected chi connectivity index (χ4v) is 2.70. The van der Waals surface area contributed by atoms with E-state index in [0.717, 1.165) is 24.1 Å². The van der Waals surface area contributed by atoms with E-state index in [1.807, 2.05) is 26.0 Å². The predicted octanol–water partition coefficient (Wildman–Crippen LogP) is 3.45. The van der Waals surface area contributed by atoms with Crippen molar-refractivity contribution in [3.63, 3.8) is 0 Å². The summed E-state index contributed by atoms with van der Waals surface area (Å²) in [5.74, 6) is 0.690. The molecule has 0 amide bonds. The molecule has 1 fully saturated rings. The van der Waals surface area contributed by atoms with Crippen LogP contribution in [0, 0.1) is 11.3 Å². The molecule has 0 heterocycles. The zero-order valence-electron chi connectivity index (χ0n) is 11.6. The first-order chi connectivity index (χ1) is 8.46. The van der Waals surface area contributed by atoms with Crippen molar-refractivity contribution >= 4 is 11.9 Å². The van der Waals surface area contributed by atoms with Gasteiger partial charge in [0.15, 0.2) is 0 Å². The van der Waals surface area contributed by atoms with Crippen LogP contribution in [-0.2, 0) is 0 Å². The maximum absolute atomic E-state index is 5.69. The fraction of sp³-hybridized carbons (Fsp3) is 0.467. The van der Waals surface area contributed by atoms with Crippen LogP contribution in [0.15, 0.2) is 46.8 Å². The Labute approximate surface area is 110 Å². The number of nitrogens with zero attached hydrogens (tertiary/aromatic N) is 2. The molecule has 1 saturated carbocycles. The number of nitrogens with two attached hydrogens (primary N) is 1. The Bertz CT molecular complexity index is 421. The Balaban J connectivity index is 3.15. The monoisotopic (exact) mass is 245 g/mol. The first-order valence-corrected chi connectivity index (χ1v) is 6.28. The minimum atomic E-state index is -0.0595. The standard InChI is InChI=1S/C15H23N3/c1-6-14(8-12(4)16)15(9-11(3)10-15)13(5)18-17-7-2/h6-8,11H,1,4,9-10,16H2,2-3,5H3/b14-8+,17-7-,18-13+. The normalized spacial score (nSPS) is 29.2. The van der Waals surface area contributed by atoms with Gasteiger partial charge < -0.3 is 5.73 Å². The number of allylic oxidation sites excluding steroid dienone is 3. The molecule has 3 nitrogen and oxygen atoms in total. The number of rotatable bonds is 5. The van der Waals surface area contributed by atoms with Crippen molar-refractivity contribution in [2.75, 3.05) is 0 Å². The van der Waals surface area contributed by atoms with Crippen molar-refractivity contribution in [2.45, 2.75) is 33.6 Å². The van der Waals surface area contributed by atoms with Crippen LogP contribution in [0.5, 0.6) is 0 Å². The van der Waals surface area contributed by atoms with Crippen molar-refractivity contribution in [3.05, 3.63) is 36.6 Å². The maximum Gasteiger partial charge on any atom is 0.0480 e. The first kappa shape index (κ1) is 14.4. The van der Waals surface area contributed by atoms with Crippen molar-refractivity contribution in [2.24, 2.45) is 27.3 Å². The van der Waals surface area contributed by atoms with Crippen LogP contribution in [-0.4, -0.2) is 11.9 Å². The average molecular weight is 245 g/mol. The Hall–Kier alpha value is -1.64. The maximum atomic E-state index is 5.69. The van der Waals surface area contributed by atoms with Gasteiger partial charge in [0.1, 0.15) is 0 Å². The van der Waals surface area contributed by atoms with E-state index in [1.165, 1.54) is 0 Å². The fourth-order valence-electron chi connectivity index (χ4n) is 2.70. The van der Waals surface area contributed by atoms with Gasteiger partial charge >= 0.3 is 0 Å². The van der Waals surface area contributed by atoms with Crippen LogP contribution < -0.4 is 5.73 Å². The van der Waals surface area contributed by atoms with E-state index in [-0.39, 0.29) is 5.41 Å². The Kier molecular flexibility index (Phi) is 4.65. The van der Waals surface area contributed by atoms with Gasteiger partial charge in [-0.3, -0.25) is 0 Å². The molecule has 0 radical (unpaired) electrons. The van der Waals surface area contributed by atoms with Gasteiger partial charge in [-0.2, -0.15) is 10.2 Å². The topological polar surface area (TPSA) is 50.7 Å². The molecule has 3 heteroatoms. The molecule has 2 N–H and O–H groups in total. The van der Waals surface area contributed by atoms with Gasteiger partial charge in [0.25, 0.3) is 0 Å². The van der Waals surface area contributed by atoms with Gasteiger partial charge in [-0.15, -0.1) is 0 Å². The molecule has 0 bridgehead atoms. The summed E-state index contributed by atoms with van der Waals surface area (Å²) < 4.78 is 0. The lowest BCUT2D eigenvalue weighted by atomic mass is 9.56. The van der Waals surface area contributed by atoms with Gasteiger partial charge in [0.05, 0.1) is 0 Å². The molecule has 0 aromatic carbocycles. The summed E-state index contributed by atoms with van der Waals surface area (Å²) in [6.07, 6.45) is 7.57. The van der Waals surface area contributed by atoms with Crippen LogP contribution in [0.25, 0.3) is 0 Å². The third-order valence-corrected chi connectivity index (χ3v) is 3.52. The number of hydrogen-bond acceptors (Lipinski definition) is 3. The zero-order valence-corrected chi connectivity index (χ0v) is 11.6. The van der Waals surface area contributed by atoms with Crippen molar-refractivity contribution in [1.29, 1.82) is 0 Å². The van der Waals surface area contributed by atoms with E-state index >= 15 is 0 Å². The molecule has 0 aromatic rings. The molecular formula is C15H23N3. The Morgan fingerprint density at radius 2 is 2.06 bits per heavy atom. The van der Waals surface area contributed by atoms with Gasteiger partial charge in [-0.05, 0) is 44.3 Å². The summed E-state index contributed by atoms with van der Waals surface area (Å²) in [6.45, 7) is 13.8. The van der Waals surface area contributed by atoms with Crippen molar-refractivity contribution < 1.29 is 0 Å². The predicted molar refractivity (Wildman–Crippen MR) is 79.7 cm³/mol. The molecule has 1 rings (SSSR count). The summed E-state index contributed by atoms with van der Waals surface area (Å²) in [4.78, 5) is 0. The quantitative estimate of drug-likeness (QED) is 0.450. The van der Waals surface area contributed by atoms with E-state index in [9.17, 15) is 0 Å². The van der Waals surface area contributed by atoms with Crippen molar-refractivity contribution in [1.82, 2.24) is 0 Å². The summed E-state index contributed by atoms with van der Waals surface area (Å²) in [5, 5.41) is 8.26. The summed E-state index contributed by atoms with van der Waals surface area (Å²) in [6, 6.07) is 0. The molecule has 0 aromatic heterocycles. The molecule has 1 aliphatic carbocycles. The summed E-state index contributed by atoms with van der Waals surface area (Å²) >= 11 is 0. The van der Waals surface area contributed by atoms with Crippen LogP contribution in [0.1, 0.15) is 33.6 Å². The van der Waals surface area contributed by atoms with E-state index in [1.54, 1.807) is 6.21 Å². The van der Waals surface area contributed by atoms with Gasteiger partial charge in [-0.25, -0.2) is 0 Å². The minimum absolute atomic E-state index is 0.0595. The second-order valence-corrected chi connectivity index (χ2v) is 5.03. The van der Waals surface area contributed by atoms with E-state index in [0.29, 0.717) is 11.6 Å². The van der Waals surface area contributed by atoms with Gasteiger partial charge in [0.2, 0.25) is 0 Å². The largest absolute Gasteiger partial charge is 0.399 e. The van der Waals surface area contributed by atoms with Crippen LogP contribution >= 0.6 is 0 Å². The summed E-state index contributed by atoms with van der Waals surface area (Å²) in [5.41, 5.74) is 8.30. The lowest BCUT2D eigenvalue weighted by molar-refractivity contribution is 0.189. The highest BCUT2D eigenvalue weighted by Gasteiger charge is 2.46. The van der Waals surface area contributed by atoms with Gasteiger partial charge in [0, 0.05) is 23.0 Å². The Morgan fingerprint density at radius 3 is 2.44 bits per heavy atom. The van der Waals surface area contributed by atoms with E-state index in [2.05, 4.69) is 30.3 Å².